The Morgan fingerprint density at radius 2 is 1.84 bits per heavy atom. The molecule has 1 aromatic rings. The topological polar surface area (TPSA) is 23.6 Å². The highest BCUT2D eigenvalue weighted by atomic mass is 19.4. The smallest absolute Gasteiger partial charge is 0.339 e. The van der Waals surface area contributed by atoms with Gasteiger partial charge >= 0.3 is 6.18 Å². The lowest BCUT2D eigenvalue weighted by Crippen LogP contribution is -2.44. The Morgan fingerprint density at radius 1 is 1.16 bits per heavy atom. The molecule has 1 atom stereocenters. The van der Waals surface area contributed by atoms with Crippen LogP contribution in [0.4, 0.5) is 13.2 Å². The Bertz CT molecular complexity index is 596. The maximum absolute atomic E-state index is 12.8. The molecule has 2 aliphatic rings. The van der Waals surface area contributed by atoms with E-state index in [0.717, 1.165) is 62.9 Å². The maximum atomic E-state index is 12.8. The predicted molar refractivity (Wildman–Crippen MR) is 90.0 cm³/mol. The highest BCUT2D eigenvalue weighted by Gasteiger charge is 2.34. The number of halogens is 3. The van der Waals surface area contributed by atoms with Crippen LogP contribution in [0.5, 0.6) is 0 Å². The number of rotatable bonds is 5. The van der Waals surface area contributed by atoms with Crippen molar-refractivity contribution in [2.45, 2.75) is 57.3 Å². The van der Waals surface area contributed by atoms with Gasteiger partial charge in [0, 0.05) is 18.6 Å². The van der Waals surface area contributed by atoms with Gasteiger partial charge in [0.2, 0.25) is 5.91 Å². The number of amides is 1. The van der Waals surface area contributed by atoms with Crippen LogP contribution in [0.1, 0.15) is 56.2 Å². The summed E-state index contributed by atoms with van der Waals surface area (Å²) in [6.45, 7) is 3.90. The predicted octanol–water partition coefficient (Wildman–Crippen LogP) is 4.24. The Kier molecular flexibility index (Phi) is 5.37. The molecule has 0 spiro atoms. The second-order valence-electron chi connectivity index (χ2n) is 7.01. The molecule has 1 saturated heterocycles. The summed E-state index contributed by atoms with van der Waals surface area (Å²) in [6.07, 6.45) is 0.807. The van der Waals surface area contributed by atoms with Crippen molar-refractivity contribution in [3.8, 4) is 0 Å². The van der Waals surface area contributed by atoms with E-state index in [4.69, 9.17) is 0 Å². The standard InChI is InChI=1S/C19H25F3N2O/c1-2-24(16-10-11-16)18(25)13-23-12-4-3-5-17(23)14-6-8-15(9-7-14)19(20,21)22/h6-9,16-17H,2-5,10-13H2,1H3. The molecule has 6 heteroatoms. The monoisotopic (exact) mass is 354 g/mol. The van der Waals surface area contributed by atoms with Crippen molar-refractivity contribution in [2.75, 3.05) is 19.6 Å². The average Bonchev–Trinajstić information content (AvgIpc) is 3.40. The molecule has 0 aromatic heterocycles. The van der Waals surface area contributed by atoms with Gasteiger partial charge in [0.15, 0.2) is 0 Å². The van der Waals surface area contributed by atoms with Gasteiger partial charge in [0.05, 0.1) is 12.1 Å². The van der Waals surface area contributed by atoms with E-state index in [-0.39, 0.29) is 11.9 Å². The van der Waals surface area contributed by atoms with Crippen LogP contribution in [0.25, 0.3) is 0 Å². The first-order chi connectivity index (χ1) is 11.9. The molecule has 0 N–H and O–H groups in total. The number of alkyl halides is 3. The third kappa shape index (κ3) is 4.35. The third-order valence-electron chi connectivity index (χ3n) is 5.22. The first kappa shape index (κ1) is 18.2. The van der Waals surface area contributed by atoms with Crippen LogP contribution in [0.15, 0.2) is 24.3 Å². The van der Waals surface area contributed by atoms with Gasteiger partial charge in [-0.25, -0.2) is 0 Å². The largest absolute Gasteiger partial charge is 0.416 e. The second kappa shape index (κ2) is 7.36. The fourth-order valence-electron chi connectivity index (χ4n) is 3.74. The number of carbonyl (C=O) groups excluding carboxylic acids is 1. The Labute approximate surface area is 146 Å². The SMILES string of the molecule is CCN(C(=O)CN1CCCCC1c1ccc(C(F)(F)F)cc1)C1CC1. The zero-order valence-electron chi connectivity index (χ0n) is 14.6. The Hall–Kier alpha value is -1.56. The van der Waals surface area contributed by atoms with Crippen LogP contribution in [-0.2, 0) is 11.0 Å². The lowest BCUT2D eigenvalue weighted by atomic mass is 9.94. The van der Waals surface area contributed by atoms with E-state index in [1.165, 1.54) is 0 Å². The summed E-state index contributed by atoms with van der Waals surface area (Å²) < 4.78 is 38.3. The van der Waals surface area contributed by atoms with E-state index in [1.807, 2.05) is 11.8 Å². The summed E-state index contributed by atoms with van der Waals surface area (Å²) >= 11 is 0. The molecule has 1 aliphatic heterocycles. The van der Waals surface area contributed by atoms with E-state index in [1.54, 1.807) is 12.1 Å². The highest BCUT2D eigenvalue weighted by molar-refractivity contribution is 5.79. The number of hydrogen-bond donors (Lipinski definition) is 0. The first-order valence-corrected chi connectivity index (χ1v) is 9.11. The normalized spacial score (nSPS) is 22.0. The average molecular weight is 354 g/mol. The van der Waals surface area contributed by atoms with Crippen molar-refractivity contribution in [1.29, 1.82) is 0 Å². The van der Waals surface area contributed by atoms with E-state index in [2.05, 4.69) is 4.90 Å². The molecule has 1 heterocycles. The van der Waals surface area contributed by atoms with Crippen molar-refractivity contribution in [3.05, 3.63) is 35.4 Å². The lowest BCUT2D eigenvalue weighted by molar-refractivity contribution is -0.137. The number of nitrogens with zero attached hydrogens (tertiary/aromatic N) is 2. The summed E-state index contributed by atoms with van der Waals surface area (Å²) in [6, 6.07) is 5.84. The van der Waals surface area contributed by atoms with Crippen LogP contribution in [0.2, 0.25) is 0 Å². The number of carbonyl (C=O) groups is 1. The molecule has 1 aliphatic carbocycles. The fourth-order valence-corrected chi connectivity index (χ4v) is 3.74. The van der Waals surface area contributed by atoms with Crippen molar-refractivity contribution in [3.63, 3.8) is 0 Å². The van der Waals surface area contributed by atoms with E-state index in [9.17, 15) is 18.0 Å². The number of likely N-dealkylation sites (N-methyl/N-ethyl adjacent to an activating group) is 1. The summed E-state index contributed by atoms with van der Waals surface area (Å²) in [5.74, 6) is 0.142. The number of likely N-dealkylation sites (tertiary alicyclic amines) is 1. The molecular weight excluding hydrogens is 329 g/mol. The van der Waals surface area contributed by atoms with Gasteiger partial charge in [-0.15, -0.1) is 0 Å². The molecule has 2 fully saturated rings. The Morgan fingerprint density at radius 3 is 2.40 bits per heavy atom. The van der Waals surface area contributed by atoms with Crippen LogP contribution >= 0.6 is 0 Å². The van der Waals surface area contributed by atoms with Crippen molar-refractivity contribution >= 4 is 5.91 Å². The molecule has 1 aromatic carbocycles. The molecular formula is C19H25F3N2O. The molecule has 138 valence electrons. The zero-order valence-corrected chi connectivity index (χ0v) is 14.6. The van der Waals surface area contributed by atoms with Gasteiger partial charge in [-0.3, -0.25) is 9.69 Å². The minimum atomic E-state index is -4.31. The summed E-state index contributed by atoms with van der Waals surface area (Å²) in [5, 5.41) is 0. The van der Waals surface area contributed by atoms with Gasteiger partial charge in [-0.05, 0) is 56.8 Å². The quantitative estimate of drug-likeness (QED) is 0.789. The fraction of sp³-hybridized carbons (Fsp3) is 0.632. The lowest BCUT2D eigenvalue weighted by Gasteiger charge is -2.37. The Balaban J connectivity index is 1.71. The van der Waals surface area contributed by atoms with Gasteiger partial charge in [-0.2, -0.15) is 13.2 Å². The van der Waals surface area contributed by atoms with Crippen molar-refractivity contribution in [2.24, 2.45) is 0 Å². The molecule has 3 nitrogen and oxygen atoms in total. The van der Waals surface area contributed by atoms with Crippen LogP contribution < -0.4 is 0 Å². The number of benzene rings is 1. The van der Waals surface area contributed by atoms with Gasteiger partial charge in [-0.1, -0.05) is 18.6 Å². The summed E-state index contributed by atoms with van der Waals surface area (Å²) in [7, 11) is 0. The second-order valence-corrected chi connectivity index (χ2v) is 7.01. The molecule has 0 bridgehead atoms. The van der Waals surface area contributed by atoms with E-state index in [0.29, 0.717) is 12.6 Å². The maximum Gasteiger partial charge on any atom is 0.416 e. The highest BCUT2D eigenvalue weighted by Crippen LogP contribution is 2.34. The van der Waals surface area contributed by atoms with Crippen molar-refractivity contribution < 1.29 is 18.0 Å². The molecule has 1 saturated carbocycles. The van der Waals surface area contributed by atoms with E-state index < -0.39 is 11.7 Å². The first-order valence-electron chi connectivity index (χ1n) is 9.11. The summed E-state index contributed by atoms with van der Waals surface area (Å²) in [5.41, 5.74) is 0.246. The minimum absolute atomic E-state index is 0.0258. The molecule has 25 heavy (non-hydrogen) atoms. The van der Waals surface area contributed by atoms with E-state index >= 15 is 0 Å². The van der Waals surface area contributed by atoms with Gasteiger partial charge in [0.1, 0.15) is 0 Å². The molecule has 1 amide bonds. The molecule has 0 radical (unpaired) electrons. The van der Waals surface area contributed by atoms with Crippen LogP contribution in [0.3, 0.4) is 0 Å². The number of hydrogen-bond acceptors (Lipinski definition) is 2. The summed E-state index contributed by atoms with van der Waals surface area (Å²) in [4.78, 5) is 16.7. The van der Waals surface area contributed by atoms with Crippen LogP contribution in [-0.4, -0.2) is 41.4 Å². The number of piperidine rings is 1. The zero-order chi connectivity index (χ0) is 18.0. The van der Waals surface area contributed by atoms with Gasteiger partial charge in [0.25, 0.3) is 0 Å². The molecule has 3 rings (SSSR count). The van der Waals surface area contributed by atoms with Crippen LogP contribution in [0, 0.1) is 0 Å². The van der Waals surface area contributed by atoms with Crippen molar-refractivity contribution in [1.82, 2.24) is 9.80 Å². The molecule has 1 unspecified atom stereocenters. The third-order valence-corrected chi connectivity index (χ3v) is 5.22. The minimum Gasteiger partial charge on any atom is -0.339 e. The van der Waals surface area contributed by atoms with Gasteiger partial charge < -0.3 is 4.90 Å².